The molecule has 0 saturated heterocycles. The number of carbonyl (C=O) groups is 1. The van der Waals surface area contributed by atoms with E-state index in [2.05, 4.69) is 20.0 Å². The SMILES string of the molecule is CCC(C)NS(=O)(=O)c1ccc(C(=O)Nc2nc(-c3cccnc3)cs2)cc1. The molecular weight excluding hydrogens is 396 g/mol. The zero-order valence-corrected chi connectivity index (χ0v) is 17.0. The number of hydrogen-bond donors (Lipinski definition) is 2. The molecule has 0 bridgehead atoms. The lowest BCUT2D eigenvalue weighted by molar-refractivity contribution is 0.102. The van der Waals surface area contributed by atoms with Crippen molar-refractivity contribution in [3.8, 4) is 11.3 Å². The van der Waals surface area contributed by atoms with Gasteiger partial charge in [0.15, 0.2) is 5.13 Å². The zero-order valence-electron chi connectivity index (χ0n) is 15.4. The fraction of sp³-hybridized carbons (Fsp3) is 0.211. The van der Waals surface area contributed by atoms with Crippen LogP contribution in [0.1, 0.15) is 30.6 Å². The van der Waals surface area contributed by atoms with Gasteiger partial charge in [-0.15, -0.1) is 11.3 Å². The van der Waals surface area contributed by atoms with Crippen molar-refractivity contribution >= 4 is 32.4 Å². The van der Waals surface area contributed by atoms with E-state index in [9.17, 15) is 13.2 Å². The molecule has 2 aromatic heterocycles. The highest BCUT2D eigenvalue weighted by Gasteiger charge is 2.17. The summed E-state index contributed by atoms with van der Waals surface area (Å²) < 4.78 is 27.2. The highest BCUT2D eigenvalue weighted by molar-refractivity contribution is 7.89. The van der Waals surface area contributed by atoms with Gasteiger partial charge in [0, 0.05) is 34.9 Å². The predicted octanol–water partition coefficient (Wildman–Crippen LogP) is 3.53. The monoisotopic (exact) mass is 416 g/mol. The molecule has 1 unspecified atom stereocenters. The van der Waals surface area contributed by atoms with Gasteiger partial charge in [0.1, 0.15) is 0 Å². The Balaban J connectivity index is 1.69. The van der Waals surface area contributed by atoms with Crippen molar-refractivity contribution in [3.63, 3.8) is 0 Å². The van der Waals surface area contributed by atoms with Gasteiger partial charge in [-0.05, 0) is 49.7 Å². The molecule has 0 aliphatic carbocycles. The highest BCUT2D eigenvalue weighted by Crippen LogP contribution is 2.24. The van der Waals surface area contributed by atoms with Gasteiger partial charge in [-0.3, -0.25) is 15.1 Å². The van der Waals surface area contributed by atoms with Gasteiger partial charge >= 0.3 is 0 Å². The lowest BCUT2D eigenvalue weighted by Crippen LogP contribution is -2.32. The first-order valence-electron chi connectivity index (χ1n) is 8.68. The number of nitrogens with zero attached hydrogens (tertiary/aromatic N) is 2. The van der Waals surface area contributed by atoms with Gasteiger partial charge < -0.3 is 0 Å². The second-order valence-electron chi connectivity index (χ2n) is 6.19. The number of benzene rings is 1. The second-order valence-corrected chi connectivity index (χ2v) is 8.76. The van der Waals surface area contributed by atoms with Crippen LogP contribution < -0.4 is 10.0 Å². The van der Waals surface area contributed by atoms with E-state index in [4.69, 9.17) is 0 Å². The molecule has 2 N–H and O–H groups in total. The van der Waals surface area contributed by atoms with Crippen LogP contribution >= 0.6 is 11.3 Å². The Kier molecular flexibility index (Phi) is 6.18. The van der Waals surface area contributed by atoms with Crippen molar-refractivity contribution in [2.45, 2.75) is 31.2 Å². The fourth-order valence-electron chi connectivity index (χ4n) is 2.35. The zero-order chi connectivity index (χ0) is 20.1. The average molecular weight is 417 g/mol. The number of sulfonamides is 1. The molecule has 0 aliphatic rings. The summed E-state index contributed by atoms with van der Waals surface area (Å²) in [7, 11) is -3.60. The van der Waals surface area contributed by atoms with E-state index in [-0.39, 0.29) is 16.8 Å². The summed E-state index contributed by atoms with van der Waals surface area (Å²) in [5.74, 6) is -0.356. The first-order chi connectivity index (χ1) is 13.4. The summed E-state index contributed by atoms with van der Waals surface area (Å²) in [5, 5.41) is 5.02. The molecule has 0 radical (unpaired) electrons. The van der Waals surface area contributed by atoms with Crippen LogP contribution in [0.15, 0.2) is 59.1 Å². The number of nitrogens with one attached hydrogen (secondary N) is 2. The van der Waals surface area contributed by atoms with Crippen molar-refractivity contribution < 1.29 is 13.2 Å². The molecule has 146 valence electrons. The van der Waals surface area contributed by atoms with E-state index in [1.807, 2.05) is 24.4 Å². The summed E-state index contributed by atoms with van der Waals surface area (Å²) in [6.07, 6.45) is 4.07. The molecule has 7 nitrogen and oxygen atoms in total. The maximum atomic E-state index is 12.4. The Morgan fingerprint density at radius 2 is 1.96 bits per heavy atom. The van der Waals surface area contributed by atoms with Crippen molar-refractivity contribution in [1.29, 1.82) is 0 Å². The van der Waals surface area contributed by atoms with Gasteiger partial charge in [-0.25, -0.2) is 18.1 Å². The molecule has 0 saturated carbocycles. The van der Waals surface area contributed by atoms with Crippen LogP contribution in [-0.4, -0.2) is 30.3 Å². The summed E-state index contributed by atoms with van der Waals surface area (Å²) >= 11 is 1.31. The number of aromatic nitrogens is 2. The molecule has 1 amide bonds. The number of hydrogen-bond acceptors (Lipinski definition) is 6. The average Bonchev–Trinajstić information content (AvgIpc) is 3.17. The molecule has 2 heterocycles. The van der Waals surface area contributed by atoms with Crippen LogP contribution in [0.4, 0.5) is 5.13 Å². The number of amides is 1. The summed E-state index contributed by atoms with van der Waals surface area (Å²) in [6, 6.07) is 9.35. The third kappa shape index (κ3) is 4.80. The fourth-order valence-corrected chi connectivity index (χ4v) is 4.39. The Morgan fingerprint density at radius 3 is 2.61 bits per heavy atom. The molecular formula is C19H20N4O3S2. The molecule has 1 aromatic carbocycles. The maximum Gasteiger partial charge on any atom is 0.257 e. The molecule has 28 heavy (non-hydrogen) atoms. The highest BCUT2D eigenvalue weighted by atomic mass is 32.2. The van der Waals surface area contributed by atoms with E-state index in [0.717, 1.165) is 11.3 Å². The largest absolute Gasteiger partial charge is 0.298 e. The Bertz CT molecular complexity index is 1050. The Hall–Kier alpha value is -2.62. The van der Waals surface area contributed by atoms with E-state index in [1.54, 1.807) is 19.3 Å². The molecule has 0 spiro atoms. The van der Waals surface area contributed by atoms with Crippen LogP contribution in [0.2, 0.25) is 0 Å². The van der Waals surface area contributed by atoms with Crippen LogP contribution in [0.25, 0.3) is 11.3 Å². The number of thiazole rings is 1. The number of rotatable bonds is 7. The molecule has 0 fully saturated rings. The van der Waals surface area contributed by atoms with Crippen molar-refractivity contribution in [2.24, 2.45) is 0 Å². The van der Waals surface area contributed by atoms with E-state index >= 15 is 0 Å². The third-order valence-electron chi connectivity index (χ3n) is 4.08. The van der Waals surface area contributed by atoms with Gasteiger partial charge in [-0.1, -0.05) is 6.92 Å². The lowest BCUT2D eigenvalue weighted by atomic mass is 10.2. The molecule has 0 aliphatic heterocycles. The quantitative estimate of drug-likeness (QED) is 0.613. The lowest BCUT2D eigenvalue weighted by Gasteiger charge is -2.12. The van der Waals surface area contributed by atoms with E-state index in [1.165, 1.54) is 35.6 Å². The predicted molar refractivity (Wildman–Crippen MR) is 110 cm³/mol. The molecule has 3 aromatic rings. The molecule has 3 rings (SSSR count). The Morgan fingerprint density at radius 1 is 1.21 bits per heavy atom. The minimum absolute atomic E-state index is 0.123. The summed E-state index contributed by atoms with van der Waals surface area (Å²) in [6.45, 7) is 3.70. The molecule has 1 atom stereocenters. The van der Waals surface area contributed by atoms with Crippen molar-refractivity contribution in [2.75, 3.05) is 5.32 Å². The Labute approximate surface area is 167 Å². The van der Waals surface area contributed by atoms with Crippen LogP contribution in [-0.2, 0) is 10.0 Å². The van der Waals surface area contributed by atoms with Gasteiger partial charge in [0.2, 0.25) is 10.0 Å². The minimum Gasteiger partial charge on any atom is -0.298 e. The smallest absolute Gasteiger partial charge is 0.257 e. The van der Waals surface area contributed by atoms with E-state index in [0.29, 0.717) is 17.1 Å². The van der Waals surface area contributed by atoms with Crippen molar-refractivity contribution in [3.05, 3.63) is 59.7 Å². The summed E-state index contributed by atoms with van der Waals surface area (Å²) in [4.78, 5) is 21.0. The van der Waals surface area contributed by atoms with Crippen LogP contribution in [0.3, 0.4) is 0 Å². The van der Waals surface area contributed by atoms with Crippen LogP contribution in [0, 0.1) is 0 Å². The van der Waals surface area contributed by atoms with Crippen LogP contribution in [0.5, 0.6) is 0 Å². The molecule has 9 heteroatoms. The normalized spacial score (nSPS) is 12.5. The standard InChI is InChI=1S/C19H20N4O3S2/c1-3-13(2)23-28(25,26)16-8-6-14(7-9-16)18(24)22-19-21-17(12-27-19)15-5-4-10-20-11-15/h4-13,23H,3H2,1-2H3,(H,21,22,24). The van der Waals surface area contributed by atoms with Crippen molar-refractivity contribution in [1.82, 2.24) is 14.7 Å². The van der Waals surface area contributed by atoms with Gasteiger partial charge in [0.05, 0.1) is 10.6 Å². The maximum absolute atomic E-state index is 12.4. The number of pyridine rings is 1. The van der Waals surface area contributed by atoms with Gasteiger partial charge in [0.25, 0.3) is 5.91 Å². The third-order valence-corrected chi connectivity index (χ3v) is 6.44. The second kappa shape index (κ2) is 8.59. The first kappa shape index (κ1) is 20.1. The number of anilines is 1. The number of carbonyl (C=O) groups excluding carboxylic acids is 1. The van der Waals surface area contributed by atoms with E-state index < -0.39 is 10.0 Å². The topological polar surface area (TPSA) is 101 Å². The first-order valence-corrected chi connectivity index (χ1v) is 11.0. The minimum atomic E-state index is -3.60. The summed E-state index contributed by atoms with van der Waals surface area (Å²) in [5.41, 5.74) is 1.94. The van der Waals surface area contributed by atoms with Gasteiger partial charge in [-0.2, -0.15) is 0 Å².